The molecule has 4 rings (SSSR count). The number of hydrogen-bond donors (Lipinski definition) is 1. The van der Waals surface area contributed by atoms with E-state index in [0.717, 1.165) is 28.3 Å². The molecule has 8 nitrogen and oxygen atoms in total. The molecule has 0 aliphatic heterocycles. The summed E-state index contributed by atoms with van der Waals surface area (Å²) in [5.74, 6) is 1.69. The number of rotatable bonds is 6. The Morgan fingerprint density at radius 3 is 2.63 bits per heavy atom. The number of nitrogens with zero attached hydrogens (tertiary/aromatic N) is 5. The maximum atomic E-state index is 12.6. The van der Waals surface area contributed by atoms with Crippen LogP contribution in [0.25, 0.3) is 17.2 Å². The standard InChI is InChI=1S/C22H22N6O2/c1-4-30-18-9-7-17(8-10-18)25-20(29)12-19-14(2)24-22-26-21(27-28(22)15(19)3)16-6-5-11-23-13-16/h5-11,13H,4,12H2,1-3H3,(H,25,29). The lowest BCUT2D eigenvalue weighted by atomic mass is 10.1. The molecule has 152 valence electrons. The molecule has 0 spiro atoms. The van der Waals surface area contributed by atoms with E-state index < -0.39 is 0 Å². The summed E-state index contributed by atoms with van der Waals surface area (Å²) in [7, 11) is 0. The van der Waals surface area contributed by atoms with E-state index in [-0.39, 0.29) is 12.3 Å². The number of nitrogens with one attached hydrogen (secondary N) is 1. The van der Waals surface area contributed by atoms with E-state index in [1.54, 1.807) is 16.9 Å². The molecule has 3 aromatic heterocycles. The first kappa shape index (κ1) is 19.5. The van der Waals surface area contributed by atoms with Crippen LogP contribution in [0.4, 0.5) is 5.69 Å². The molecule has 0 bridgehead atoms. The number of benzene rings is 1. The summed E-state index contributed by atoms with van der Waals surface area (Å²) >= 11 is 0. The highest BCUT2D eigenvalue weighted by molar-refractivity contribution is 5.92. The maximum Gasteiger partial charge on any atom is 0.253 e. The molecule has 8 heteroatoms. The van der Waals surface area contributed by atoms with E-state index in [1.807, 2.05) is 57.2 Å². The summed E-state index contributed by atoms with van der Waals surface area (Å²) in [4.78, 5) is 25.8. The van der Waals surface area contributed by atoms with Gasteiger partial charge < -0.3 is 10.1 Å². The van der Waals surface area contributed by atoms with Crippen LogP contribution in [-0.4, -0.2) is 37.1 Å². The van der Waals surface area contributed by atoms with E-state index in [9.17, 15) is 4.79 Å². The minimum Gasteiger partial charge on any atom is -0.494 e. The van der Waals surface area contributed by atoms with Gasteiger partial charge in [-0.3, -0.25) is 9.78 Å². The van der Waals surface area contributed by atoms with Gasteiger partial charge in [0, 0.05) is 40.6 Å². The summed E-state index contributed by atoms with van der Waals surface area (Å²) in [6, 6.07) is 11.0. The topological polar surface area (TPSA) is 94.3 Å². The Bertz CT molecular complexity index is 1190. The molecule has 1 N–H and O–H groups in total. The Kier molecular flexibility index (Phi) is 5.38. The Morgan fingerprint density at radius 2 is 1.93 bits per heavy atom. The van der Waals surface area contributed by atoms with Gasteiger partial charge in [-0.15, -0.1) is 5.10 Å². The predicted molar refractivity (Wildman–Crippen MR) is 113 cm³/mol. The molecule has 0 aliphatic rings. The molecule has 30 heavy (non-hydrogen) atoms. The molecule has 0 saturated heterocycles. The first-order chi connectivity index (χ1) is 14.5. The maximum absolute atomic E-state index is 12.6. The molecule has 0 fully saturated rings. The van der Waals surface area contributed by atoms with Gasteiger partial charge in [-0.25, -0.2) is 9.50 Å². The van der Waals surface area contributed by atoms with Gasteiger partial charge in [-0.1, -0.05) is 0 Å². The van der Waals surface area contributed by atoms with Crippen molar-refractivity contribution in [2.75, 3.05) is 11.9 Å². The molecule has 3 heterocycles. The number of aryl methyl sites for hydroxylation is 2. The quantitative estimate of drug-likeness (QED) is 0.531. The van der Waals surface area contributed by atoms with Crippen LogP contribution in [0.3, 0.4) is 0 Å². The van der Waals surface area contributed by atoms with Gasteiger partial charge in [0.15, 0.2) is 5.82 Å². The van der Waals surface area contributed by atoms with Crippen molar-refractivity contribution in [1.29, 1.82) is 0 Å². The van der Waals surface area contributed by atoms with Crippen LogP contribution < -0.4 is 10.1 Å². The lowest BCUT2D eigenvalue weighted by Crippen LogP contribution is -2.17. The first-order valence-electron chi connectivity index (χ1n) is 9.71. The van der Waals surface area contributed by atoms with Crippen molar-refractivity contribution in [3.05, 3.63) is 65.7 Å². The molecular formula is C22H22N6O2. The number of carbonyl (C=O) groups is 1. The molecule has 4 aromatic rings. The zero-order valence-electron chi connectivity index (χ0n) is 17.1. The average Bonchev–Trinajstić information content (AvgIpc) is 3.17. The van der Waals surface area contributed by atoms with Gasteiger partial charge >= 0.3 is 0 Å². The Balaban J connectivity index is 1.56. The van der Waals surface area contributed by atoms with Gasteiger partial charge in [0.1, 0.15) is 5.75 Å². The number of aromatic nitrogens is 5. The lowest BCUT2D eigenvalue weighted by Gasteiger charge is -2.11. The molecule has 0 radical (unpaired) electrons. The monoisotopic (exact) mass is 402 g/mol. The van der Waals surface area contributed by atoms with E-state index >= 15 is 0 Å². The zero-order valence-corrected chi connectivity index (χ0v) is 17.1. The van der Waals surface area contributed by atoms with Gasteiger partial charge in [0.25, 0.3) is 5.78 Å². The Labute approximate surface area is 174 Å². The predicted octanol–water partition coefficient (Wildman–Crippen LogP) is 3.38. The molecular weight excluding hydrogens is 380 g/mol. The average molecular weight is 402 g/mol. The highest BCUT2D eigenvalue weighted by Gasteiger charge is 2.17. The van der Waals surface area contributed by atoms with Crippen LogP contribution in [0.15, 0.2) is 48.8 Å². The number of amides is 1. The minimum atomic E-state index is -0.126. The second-order valence-corrected chi connectivity index (χ2v) is 6.83. The molecule has 0 saturated carbocycles. The van der Waals surface area contributed by atoms with Crippen molar-refractivity contribution in [1.82, 2.24) is 24.6 Å². The number of fused-ring (bicyclic) bond motifs is 1. The van der Waals surface area contributed by atoms with E-state index in [4.69, 9.17) is 4.74 Å². The van der Waals surface area contributed by atoms with Crippen molar-refractivity contribution in [3.63, 3.8) is 0 Å². The van der Waals surface area contributed by atoms with E-state index in [2.05, 4.69) is 25.4 Å². The van der Waals surface area contributed by atoms with Crippen LogP contribution in [0.5, 0.6) is 5.75 Å². The van der Waals surface area contributed by atoms with Crippen molar-refractivity contribution >= 4 is 17.4 Å². The van der Waals surface area contributed by atoms with Crippen LogP contribution in [0.2, 0.25) is 0 Å². The molecule has 1 aromatic carbocycles. The van der Waals surface area contributed by atoms with Gasteiger partial charge in [0.2, 0.25) is 5.91 Å². The van der Waals surface area contributed by atoms with Crippen LogP contribution >= 0.6 is 0 Å². The van der Waals surface area contributed by atoms with Crippen molar-refractivity contribution < 1.29 is 9.53 Å². The smallest absolute Gasteiger partial charge is 0.253 e. The van der Waals surface area contributed by atoms with Crippen molar-refractivity contribution in [2.24, 2.45) is 0 Å². The van der Waals surface area contributed by atoms with Crippen LogP contribution in [0.1, 0.15) is 23.9 Å². The fourth-order valence-corrected chi connectivity index (χ4v) is 3.25. The number of hydrogen-bond acceptors (Lipinski definition) is 6. The third-order valence-electron chi connectivity index (χ3n) is 4.76. The molecule has 1 amide bonds. The fourth-order valence-electron chi connectivity index (χ4n) is 3.25. The highest BCUT2D eigenvalue weighted by atomic mass is 16.5. The number of pyridine rings is 1. The number of ether oxygens (including phenoxy) is 1. The molecule has 0 atom stereocenters. The summed E-state index contributed by atoms with van der Waals surface area (Å²) < 4.78 is 7.10. The second-order valence-electron chi connectivity index (χ2n) is 6.83. The van der Waals surface area contributed by atoms with E-state index in [1.165, 1.54) is 0 Å². The largest absolute Gasteiger partial charge is 0.494 e. The van der Waals surface area contributed by atoms with Gasteiger partial charge in [-0.05, 0) is 57.2 Å². The van der Waals surface area contributed by atoms with Gasteiger partial charge in [-0.2, -0.15) is 4.98 Å². The third kappa shape index (κ3) is 3.98. The van der Waals surface area contributed by atoms with Crippen molar-refractivity contribution in [3.8, 4) is 17.1 Å². The first-order valence-corrected chi connectivity index (χ1v) is 9.71. The van der Waals surface area contributed by atoms with E-state index in [0.29, 0.717) is 23.9 Å². The van der Waals surface area contributed by atoms with Crippen LogP contribution in [0, 0.1) is 13.8 Å². The second kappa shape index (κ2) is 8.28. The van der Waals surface area contributed by atoms with Crippen molar-refractivity contribution in [2.45, 2.75) is 27.2 Å². The minimum absolute atomic E-state index is 0.126. The lowest BCUT2D eigenvalue weighted by molar-refractivity contribution is -0.115. The normalized spacial score (nSPS) is 10.9. The zero-order chi connectivity index (χ0) is 21.1. The number of anilines is 1. The summed E-state index contributed by atoms with van der Waals surface area (Å²) in [6.07, 6.45) is 3.60. The Hall–Kier alpha value is -3.81. The number of carbonyl (C=O) groups excluding carboxylic acids is 1. The Morgan fingerprint density at radius 1 is 1.13 bits per heavy atom. The molecule has 0 aliphatic carbocycles. The van der Waals surface area contributed by atoms with Crippen LogP contribution in [-0.2, 0) is 11.2 Å². The fraction of sp³-hybridized carbons (Fsp3) is 0.227. The summed E-state index contributed by atoms with van der Waals surface area (Å²) in [5, 5.41) is 7.48. The third-order valence-corrected chi connectivity index (χ3v) is 4.76. The summed E-state index contributed by atoms with van der Waals surface area (Å²) in [6.45, 7) is 6.33. The van der Waals surface area contributed by atoms with Gasteiger partial charge in [0.05, 0.1) is 13.0 Å². The summed E-state index contributed by atoms with van der Waals surface area (Å²) in [5.41, 5.74) is 3.95. The highest BCUT2D eigenvalue weighted by Crippen LogP contribution is 2.20. The SMILES string of the molecule is CCOc1ccc(NC(=O)Cc2c(C)nc3nc(-c4cccnc4)nn3c2C)cc1. The molecule has 0 unspecified atom stereocenters.